The van der Waals surface area contributed by atoms with Crippen LogP contribution >= 0.6 is 0 Å². The van der Waals surface area contributed by atoms with Gasteiger partial charge >= 0.3 is 0 Å². The lowest BCUT2D eigenvalue weighted by Crippen LogP contribution is -2.24. The molecule has 0 spiro atoms. The number of hydrogen-bond donors (Lipinski definition) is 0. The minimum absolute atomic E-state index is 0.169. The van der Waals surface area contributed by atoms with Gasteiger partial charge in [0.15, 0.2) is 0 Å². The van der Waals surface area contributed by atoms with Crippen molar-refractivity contribution in [1.82, 2.24) is 19.7 Å². The topological polar surface area (TPSA) is 90.9 Å². The Bertz CT molecular complexity index is 1130. The SMILES string of the molecule is N#Cc1cc(N2Cc3nn(-c4ccc(N5CC[C@@H](F)C5)nc4)cc3C2=O)ccn1. The molecule has 144 valence electrons. The van der Waals surface area contributed by atoms with E-state index in [0.29, 0.717) is 43.0 Å². The second-order valence-electron chi connectivity index (χ2n) is 7.04. The Balaban J connectivity index is 1.37. The average molecular weight is 389 g/mol. The van der Waals surface area contributed by atoms with Gasteiger partial charge in [-0.2, -0.15) is 10.4 Å². The molecule has 3 aromatic heterocycles. The largest absolute Gasteiger partial charge is 0.354 e. The van der Waals surface area contributed by atoms with Crippen LogP contribution < -0.4 is 9.80 Å². The van der Waals surface area contributed by atoms with Gasteiger partial charge < -0.3 is 9.80 Å². The minimum Gasteiger partial charge on any atom is -0.354 e. The summed E-state index contributed by atoms with van der Waals surface area (Å²) < 4.78 is 15.0. The molecule has 0 unspecified atom stereocenters. The van der Waals surface area contributed by atoms with Crippen molar-refractivity contribution in [1.29, 1.82) is 5.26 Å². The number of nitriles is 1. The van der Waals surface area contributed by atoms with E-state index in [9.17, 15) is 9.18 Å². The van der Waals surface area contributed by atoms with Crippen molar-refractivity contribution in [3.05, 3.63) is 59.8 Å². The van der Waals surface area contributed by atoms with Crippen LogP contribution in [0.2, 0.25) is 0 Å². The number of hydrogen-bond acceptors (Lipinski definition) is 6. The lowest BCUT2D eigenvalue weighted by Gasteiger charge is -2.17. The van der Waals surface area contributed by atoms with Crippen molar-refractivity contribution < 1.29 is 9.18 Å². The van der Waals surface area contributed by atoms with Crippen LogP contribution in [0.5, 0.6) is 0 Å². The first-order valence-electron chi connectivity index (χ1n) is 9.24. The number of nitrogens with zero attached hydrogens (tertiary/aromatic N) is 7. The van der Waals surface area contributed by atoms with E-state index in [-0.39, 0.29) is 11.6 Å². The van der Waals surface area contributed by atoms with E-state index in [2.05, 4.69) is 15.1 Å². The number of aromatic nitrogens is 4. The van der Waals surface area contributed by atoms with Crippen molar-refractivity contribution in [3.63, 3.8) is 0 Å². The fraction of sp³-hybridized carbons (Fsp3) is 0.250. The van der Waals surface area contributed by atoms with E-state index in [1.54, 1.807) is 34.1 Å². The third-order valence-corrected chi connectivity index (χ3v) is 5.20. The highest BCUT2D eigenvalue weighted by Crippen LogP contribution is 2.28. The Morgan fingerprint density at radius 2 is 2.10 bits per heavy atom. The maximum Gasteiger partial charge on any atom is 0.262 e. The Hall–Kier alpha value is -3.80. The monoisotopic (exact) mass is 389 g/mol. The van der Waals surface area contributed by atoms with Crippen LogP contribution in [0.4, 0.5) is 15.9 Å². The molecule has 0 bridgehead atoms. The van der Waals surface area contributed by atoms with Gasteiger partial charge in [0.25, 0.3) is 5.91 Å². The second-order valence-corrected chi connectivity index (χ2v) is 7.04. The van der Waals surface area contributed by atoms with Gasteiger partial charge in [-0.1, -0.05) is 0 Å². The standard InChI is InChI=1S/C20H16FN7O/c21-13-4-6-26(10-13)19-2-1-16(9-24-19)28-11-17-18(25-28)12-27(20(17)29)15-3-5-23-14(7-15)8-22/h1-3,5,7,9,11,13H,4,6,10,12H2/t13-/m1/s1. The Kier molecular flexibility index (Phi) is 3.98. The fourth-order valence-corrected chi connectivity index (χ4v) is 3.69. The van der Waals surface area contributed by atoms with Crippen molar-refractivity contribution in [2.45, 2.75) is 19.1 Å². The van der Waals surface area contributed by atoms with Gasteiger partial charge in [0.05, 0.1) is 36.2 Å². The Morgan fingerprint density at radius 1 is 1.21 bits per heavy atom. The van der Waals surface area contributed by atoms with Crippen LogP contribution in [0.3, 0.4) is 0 Å². The molecule has 0 aromatic carbocycles. The molecule has 5 rings (SSSR count). The number of carbonyl (C=O) groups excluding carboxylic acids is 1. The lowest BCUT2D eigenvalue weighted by atomic mass is 10.3. The van der Waals surface area contributed by atoms with E-state index in [1.165, 1.54) is 6.20 Å². The molecule has 2 aliphatic heterocycles. The molecule has 3 aromatic rings. The van der Waals surface area contributed by atoms with Crippen LogP contribution in [0.25, 0.3) is 5.69 Å². The number of rotatable bonds is 3. The van der Waals surface area contributed by atoms with Crippen LogP contribution in [0, 0.1) is 11.3 Å². The van der Waals surface area contributed by atoms with Gasteiger partial charge in [0.1, 0.15) is 23.8 Å². The third-order valence-electron chi connectivity index (χ3n) is 5.20. The summed E-state index contributed by atoms with van der Waals surface area (Å²) in [6, 6.07) is 8.96. The van der Waals surface area contributed by atoms with Crippen LogP contribution in [0.15, 0.2) is 42.9 Å². The fourth-order valence-electron chi connectivity index (χ4n) is 3.69. The molecular formula is C20H16FN7O. The summed E-state index contributed by atoms with van der Waals surface area (Å²) in [7, 11) is 0. The average Bonchev–Trinajstić information content (AvgIpc) is 3.44. The molecule has 1 fully saturated rings. The second kappa shape index (κ2) is 6.67. The zero-order chi connectivity index (χ0) is 20.0. The summed E-state index contributed by atoms with van der Waals surface area (Å²) in [5, 5.41) is 13.5. The molecule has 29 heavy (non-hydrogen) atoms. The first-order chi connectivity index (χ1) is 14.1. The summed E-state index contributed by atoms with van der Waals surface area (Å²) in [5.41, 5.74) is 2.79. The molecule has 8 nitrogen and oxygen atoms in total. The highest BCUT2D eigenvalue weighted by atomic mass is 19.1. The molecule has 1 saturated heterocycles. The lowest BCUT2D eigenvalue weighted by molar-refractivity contribution is 0.0996. The first kappa shape index (κ1) is 17.3. The molecule has 9 heteroatoms. The molecule has 0 N–H and O–H groups in total. The molecule has 1 atom stereocenters. The van der Waals surface area contributed by atoms with Crippen LogP contribution in [-0.4, -0.2) is 44.9 Å². The zero-order valence-corrected chi connectivity index (χ0v) is 15.4. The number of carbonyl (C=O) groups is 1. The summed E-state index contributed by atoms with van der Waals surface area (Å²) in [4.78, 5) is 24.7. The van der Waals surface area contributed by atoms with Crippen molar-refractivity contribution in [2.24, 2.45) is 0 Å². The minimum atomic E-state index is -0.802. The van der Waals surface area contributed by atoms with Crippen molar-refractivity contribution in [3.8, 4) is 11.8 Å². The molecule has 0 saturated carbocycles. The van der Waals surface area contributed by atoms with E-state index < -0.39 is 6.17 Å². The van der Waals surface area contributed by atoms with E-state index in [4.69, 9.17) is 5.26 Å². The van der Waals surface area contributed by atoms with Gasteiger partial charge in [-0.15, -0.1) is 0 Å². The van der Waals surface area contributed by atoms with Crippen LogP contribution in [0.1, 0.15) is 28.2 Å². The highest BCUT2D eigenvalue weighted by molar-refractivity contribution is 6.09. The smallest absolute Gasteiger partial charge is 0.262 e. The van der Waals surface area contributed by atoms with Gasteiger partial charge in [0.2, 0.25) is 0 Å². The normalized spacial score (nSPS) is 18.2. The quantitative estimate of drug-likeness (QED) is 0.682. The highest BCUT2D eigenvalue weighted by Gasteiger charge is 2.32. The molecular weight excluding hydrogens is 373 g/mol. The van der Waals surface area contributed by atoms with Crippen molar-refractivity contribution in [2.75, 3.05) is 22.9 Å². The summed E-state index contributed by atoms with van der Waals surface area (Å²) in [5.74, 6) is 0.568. The molecule has 2 aliphatic rings. The molecule has 1 amide bonds. The Labute approximate surface area is 165 Å². The number of alkyl halides is 1. The van der Waals surface area contributed by atoms with Gasteiger partial charge in [-0.05, 0) is 30.7 Å². The Morgan fingerprint density at radius 3 is 2.79 bits per heavy atom. The third kappa shape index (κ3) is 2.99. The summed E-state index contributed by atoms with van der Waals surface area (Å²) in [6.45, 7) is 1.36. The number of halogens is 1. The summed E-state index contributed by atoms with van der Waals surface area (Å²) >= 11 is 0. The van der Waals surface area contributed by atoms with Crippen LogP contribution in [-0.2, 0) is 6.54 Å². The maximum absolute atomic E-state index is 13.4. The summed E-state index contributed by atoms with van der Waals surface area (Å²) in [6.07, 6.45) is 4.60. The van der Waals surface area contributed by atoms with Gasteiger partial charge in [-0.3, -0.25) is 4.79 Å². The zero-order valence-electron chi connectivity index (χ0n) is 15.4. The molecule has 0 aliphatic carbocycles. The predicted octanol–water partition coefficient (Wildman–Crippen LogP) is 2.24. The number of amides is 1. The van der Waals surface area contributed by atoms with Gasteiger partial charge in [0, 0.05) is 24.6 Å². The van der Waals surface area contributed by atoms with E-state index >= 15 is 0 Å². The van der Waals surface area contributed by atoms with Gasteiger partial charge in [-0.25, -0.2) is 19.0 Å². The van der Waals surface area contributed by atoms with Crippen molar-refractivity contribution >= 4 is 17.4 Å². The number of fused-ring (bicyclic) bond motifs is 1. The maximum atomic E-state index is 13.4. The number of anilines is 2. The van der Waals surface area contributed by atoms with E-state index in [1.807, 2.05) is 23.1 Å². The molecule has 5 heterocycles. The molecule has 0 radical (unpaired) electrons. The first-order valence-corrected chi connectivity index (χ1v) is 9.24. The van der Waals surface area contributed by atoms with E-state index in [0.717, 1.165) is 11.5 Å². The number of pyridine rings is 2. The predicted molar refractivity (Wildman–Crippen MR) is 103 cm³/mol.